The van der Waals surface area contributed by atoms with E-state index < -0.39 is 5.60 Å². The summed E-state index contributed by atoms with van der Waals surface area (Å²) in [6.07, 6.45) is 0.606. The highest BCUT2D eigenvalue weighted by atomic mass is 79.9. The molecular weight excluding hydrogens is 340 g/mol. The summed E-state index contributed by atoms with van der Waals surface area (Å²) in [6, 6.07) is 5.82. The third-order valence-corrected chi connectivity index (χ3v) is 5.29. The number of carbonyl (C=O) groups is 1. The van der Waals surface area contributed by atoms with Gasteiger partial charge in [-0.05, 0) is 31.5 Å². The number of aliphatic hydroxyl groups is 1. The topological polar surface area (TPSA) is 66.6 Å². The molecule has 0 aliphatic carbocycles. The number of anilines is 1. The number of halogens is 1. The van der Waals surface area contributed by atoms with Crippen LogP contribution in [0.4, 0.5) is 5.69 Å². The van der Waals surface area contributed by atoms with Crippen LogP contribution in [0.3, 0.4) is 0 Å². The fraction of sp³-hybridized carbons (Fsp3) is 0.357. The van der Waals surface area contributed by atoms with Gasteiger partial charge in [0.05, 0.1) is 11.3 Å². The Labute approximate surface area is 129 Å². The molecule has 1 atom stereocenters. The van der Waals surface area contributed by atoms with Gasteiger partial charge in [0, 0.05) is 27.6 Å². The Hall–Kier alpha value is -1.11. The summed E-state index contributed by atoms with van der Waals surface area (Å²) < 4.78 is 1.94. The van der Waals surface area contributed by atoms with Crippen LogP contribution in [-0.4, -0.2) is 34.6 Å². The number of hydrogen-bond donors (Lipinski definition) is 2. The lowest BCUT2D eigenvalue weighted by molar-refractivity contribution is 0.0575. The summed E-state index contributed by atoms with van der Waals surface area (Å²) in [5.74, 6) is -0.0856. The lowest BCUT2D eigenvalue weighted by Gasteiger charge is -2.18. The van der Waals surface area contributed by atoms with Crippen LogP contribution >= 0.6 is 27.3 Å². The van der Waals surface area contributed by atoms with Crippen LogP contribution in [0.25, 0.3) is 10.1 Å². The summed E-state index contributed by atoms with van der Waals surface area (Å²) in [7, 11) is 0. The molecule has 1 aliphatic rings. The summed E-state index contributed by atoms with van der Waals surface area (Å²) in [5, 5.41) is 10.9. The molecule has 0 saturated carbocycles. The monoisotopic (exact) mass is 354 g/mol. The molecule has 2 heterocycles. The van der Waals surface area contributed by atoms with Crippen molar-refractivity contribution in [3.63, 3.8) is 0 Å². The lowest BCUT2D eigenvalue weighted by atomic mass is 10.1. The van der Waals surface area contributed by atoms with Gasteiger partial charge < -0.3 is 15.7 Å². The Morgan fingerprint density at radius 3 is 2.95 bits per heavy atom. The van der Waals surface area contributed by atoms with Crippen LogP contribution in [0.5, 0.6) is 0 Å². The van der Waals surface area contributed by atoms with Crippen molar-refractivity contribution in [1.82, 2.24) is 4.90 Å². The second-order valence-electron chi connectivity index (χ2n) is 5.46. The van der Waals surface area contributed by atoms with Crippen molar-refractivity contribution in [2.75, 3.05) is 18.8 Å². The molecule has 3 rings (SSSR count). The molecule has 3 N–H and O–H groups in total. The highest BCUT2D eigenvalue weighted by molar-refractivity contribution is 9.10. The molecule has 6 heteroatoms. The molecule has 1 unspecified atom stereocenters. The van der Waals surface area contributed by atoms with E-state index in [0.717, 1.165) is 14.6 Å². The number of hydrogen-bond acceptors (Lipinski definition) is 4. The average molecular weight is 355 g/mol. The van der Waals surface area contributed by atoms with E-state index in [9.17, 15) is 9.90 Å². The Bertz CT molecular complexity index is 696. The number of β-amino-alcohol motifs (C(OH)–C–C–N with tert-alkyl or cyclic N) is 1. The van der Waals surface area contributed by atoms with Crippen LogP contribution in [0.15, 0.2) is 22.7 Å². The summed E-state index contributed by atoms with van der Waals surface area (Å²) in [6.45, 7) is 2.69. The molecule has 1 saturated heterocycles. The zero-order valence-corrected chi connectivity index (χ0v) is 13.4. The number of nitrogens with two attached hydrogens (primary N) is 1. The molecule has 1 aromatic heterocycles. The van der Waals surface area contributed by atoms with Gasteiger partial charge in [-0.3, -0.25) is 4.79 Å². The minimum atomic E-state index is -0.788. The Kier molecular flexibility index (Phi) is 3.27. The second-order valence-corrected chi connectivity index (χ2v) is 7.43. The first-order chi connectivity index (χ1) is 9.37. The van der Waals surface area contributed by atoms with Gasteiger partial charge in [-0.1, -0.05) is 15.9 Å². The maximum Gasteiger partial charge on any atom is 0.266 e. The molecular formula is C14H15BrN2O2S. The highest BCUT2D eigenvalue weighted by Gasteiger charge is 2.35. The van der Waals surface area contributed by atoms with E-state index in [1.807, 2.05) is 18.2 Å². The van der Waals surface area contributed by atoms with Crippen molar-refractivity contribution in [2.24, 2.45) is 0 Å². The van der Waals surface area contributed by atoms with E-state index in [1.165, 1.54) is 11.3 Å². The molecule has 2 aromatic rings. The van der Waals surface area contributed by atoms with Gasteiger partial charge in [-0.15, -0.1) is 11.3 Å². The number of nitrogens with zero attached hydrogens (tertiary/aromatic N) is 1. The fourth-order valence-electron chi connectivity index (χ4n) is 2.51. The molecule has 1 fully saturated rings. The van der Waals surface area contributed by atoms with E-state index in [-0.39, 0.29) is 5.91 Å². The number of fused-ring (bicyclic) bond motifs is 1. The number of benzene rings is 1. The first-order valence-corrected chi connectivity index (χ1v) is 7.97. The summed E-state index contributed by atoms with van der Waals surface area (Å²) >= 11 is 4.82. The number of amides is 1. The number of rotatable bonds is 1. The minimum absolute atomic E-state index is 0.0856. The summed E-state index contributed by atoms with van der Waals surface area (Å²) in [5.41, 5.74) is 5.87. The van der Waals surface area contributed by atoms with Crippen molar-refractivity contribution < 1.29 is 9.90 Å². The van der Waals surface area contributed by atoms with Crippen molar-refractivity contribution in [2.45, 2.75) is 18.9 Å². The molecule has 0 spiro atoms. The minimum Gasteiger partial charge on any atom is -0.397 e. The van der Waals surface area contributed by atoms with E-state index in [0.29, 0.717) is 30.1 Å². The van der Waals surface area contributed by atoms with E-state index in [2.05, 4.69) is 15.9 Å². The highest BCUT2D eigenvalue weighted by Crippen LogP contribution is 2.37. The maximum atomic E-state index is 12.5. The number of likely N-dealkylation sites (tertiary alicyclic amines) is 1. The van der Waals surface area contributed by atoms with Crippen LogP contribution in [0.2, 0.25) is 0 Å². The zero-order chi connectivity index (χ0) is 14.5. The van der Waals surface area contributed by atoms with Gasteiger partial charge in [0.2, 0.25) is 0 Å². The Morgan fingerprint density at radius 1 is 1.55 bits per heavy atom. The van der Waals surface area contributed by atoms with Gasteiger partial charge in [0.25, 0.3) is 5.91 Å². The maximum absolute atomic E-state index is 12.5. The van der Waals surface area contributed by atoms with E-state index in [1.54, 1.807) is 11.8 Å². The first-order valence-electron chi connectivity index (χ1n) is 6.36. The smallest absolute Gasteiger partial charge is 0.266 e. The van der Waals surface area contributed by atoms with Crippen LogP contribution in [-0.2, 0) is 0 Å². The molecule has 4 nitrogen and oxygen atoms in total. The number of thiophene rings is 1. The van der Waals surface area contributed by atoms with Crippen LogP contribution < -0.4 is 5.73 Å². The Balaban J connectivity index is 1.98. The van der Waals surface area contributed by atoms with E-state index in [4.69, 9.17) is 5.73 Å². The van der Waals surface area contributed by atoms with Gasteiger partial charge in [0.1, 0.15) is 4.88 Å². The molecule has 0 bridgehead atoms. The third-order valence-electron chi connectivity index (χ3n) is 3.62. The fourth-order valence-corrected chi connectivity index (χ4v) is 3.94. The number of nitrogen functional groups attached to an aromatic ring is 1. The largest absolute Gasteiger partial charge is 0.397 e. The molecule has 1 amide bonds. The molecule has 0 radical (unpaired) electrons. The van der Waals surface area contributed by atoms with Gasteiger partial charge in [0.15, 0.2) is 0 Å². The van der Waals surface area contributed by atoms with Crippen LogP contribution in [0.1, 0.15) is 23.0 Å². The second kappa shape index (κ2) is 4.72. The van der Waals surface area contributed by atoms with Gasteiger partial charge in [-0.25, -0.2) is 0 Å². The summed E-state index contributed by atoms with van der Waals surface area (Å²) in [4.78, 5) is 14.8. The molecule has 106 valence electrons. The molecule has 1 aromatic carbocycles. The average Bonchev–Trinajstić information content (AvgIpc) is 2.90. The van der Waals surface area contributed by atoms with Crippen molar-refractivity contribution in [3.05, 3.63) is 27.5 Å². The molecule has 1 aliphatic heterocycles. The third kappa shape index (κ3) is 2.32. The standard InChI is InChI=1S/C14H15BrN2O2S/c1-14(19)4-5-17(7-14)13(18)12-11(16)9-6-8(15)2-3-10(9)20-12/h2-3,6,19H,4-5,7,16H2,1H3. The van der Waals surface area contributed by atoms with E-state index >= 15 is 0 Å². The quantitative estimate of drug-likeness (QED) is 0.827. The SMILES string of the molecule is CC1(O)CCN(C(=O)c2sc3ccc(Br)cc3c2N)C1. The zero-order valence-electron chi connectivity index (χ0n) is 11.0. The van der Waals surface area contributed by atoms with Crippen LogP contribution in [0, 0.1) is 0 Å². The van der Waals surface area contributed by atoms with Gasteiger partial charge >= 0.3 is 0 Å². The molecule has 20 heavy (non-hydrogen) atoms. The predicted molar refractivity (Wildman–Crippen MR) is 85.1 cm³/mol. The Morgan fingerprint density at radius 2 is 2.30 bits per heavy atom. The van der Waals surface area contributed by atoms with Gasteiger partial charge in [-0.2, -0.15) is 0 Å². The van der Waals surface area contributed by atoms with Crippen molar-refractivity contribution in [1.29, 1.82) is 0 Å². The predicted octanol–water partition coefficient (Wildman–Crippen LogP) is 2.84. The first kappa shape index (κ1) is 13.9. The lowest BCUT2D eigenvalue weighted by Crippen LogP contribution is -2.33. The van der Waals surface area contributed by atoms with Crippen molar-refractivity contribution in [3.8, 4) is 0 Å². The van der Waals surface area contributed by atoms with Crippen molar-refractivity contribution >= 4 is 48.9 Å². The number of carbonyl (C=O) groups excluding carboxylic acids is 1. The normalized spacial score (nSPS) is 22.6.